The molecule has 0 spiro atoms. The molecule has 106 valence electrons. The van der Waals surface area contributed by atoms with Crippen LogP contribution in [0.2, 0.25) is 5.02 Å². The number of hydrogen-bond acceptors (Lipinski definition) is 2. The van der Waals surface area contributed by atoms with Crippen LogP contribution in [0.1, 0.15) is 19.4 Å². The van der Waals surface area contributed by atoms with Crippen LogP contribution < -0.4 is 0 Å². The standard InChI is InChI=1S/C15H20ClNO.ClH/c1-15(2,11-17(3)4)14(18)10-9-12-7-5-6-8-13(12)16;/h5-10H,11H2,1-4H3;1H/b10-9+;. The van der Waals surface area contributed by atoms with Crippen LogP contribution in [0.5, 0.6) is 0 Å². The first-order valence-corrected chi connectivity index (χ1v) is 6.32. The maximum absolute atomic E-state index is 12.1. The van der Waals surface area contributed by atoms with E-state index in [0.717, 1.165) is 12.1 Å². The van der Waals surface area contributed by atoms with Crippen LogP contribution in [0.4, 0.5) is 0 Å². The van der Waals surface area contributed by atoms with Crippen LogP contribution in [-0.2, 0) is 4.79 Å². The second-order valence-electron chi connectivity index (χ2n) is 5.34. The second kappa shape index (κ2) is 7.68. The number of carbonyl (C=O) groups excluding carboxylic acids is 1. The van der Waals surface area contributed by atoms with Gasteiger partial charge in [-0.15, -0.1) is 12.4 Å². The molecule has 0 N–H and O–H groups in total. The first-order chi connectivity index (χ1) is 8.33. The molecule has 19 heavy (non-hydrogen) atoms. The molecular formula is C15H21Cl2NO. The summed E-state index contributed by atoms with van der Waals surface area (Å²) in [4.78, 5) is 14.1. The highest BCUT2D eigenvalue weighted by atomic mass is 35.5. The van der Waals surface area contributed by atoms with Crippen molar-refractivity contribution in [3.8, 4) is 0 Å². The summed E-state index contributed by atoms with van der Waals surface area (Å²) in [5.74, 6) is 0.108. The fourth-order valence-corrected chi connectivity index (χ4v) is 2.07. The predicted molar refractivity (Wildman–Crippen MR) is 85.1 cm³/mol. The van der Waals surface area contributed by atoms with Crippen molar-refractivity contribution in [3.05, 3.63) is 40.9 Å². The van der Waals surface area contributed by atoms with E-state index in [1.165, 1.54) is 0 Å². The van der Waals surface area contributed by atoms with Gasteiger partial charge in [-0.25, -0.2) is 0 Å². The Labute approximate surface area is 126 Å². The highest BCUT2D eigenvalue weighted by molar-refractivity contribution is 6.32. The Bertz CT molecular complexity index is 453. The van der Waals surface area contributed by atoms with E-state index in [2.05, 4.69) is 0 Å². The zero-order valence-electron chi connectivity index (χ0n) is 11.8. The van der Waals surface area contributed by atoms with Gasteiger partial charge < -0.3 is 4.90 Å². The average Bonchev–Trinajstić information content (AvgIpc) is 2.25. The molecule has 4 heteroatoms. The van der Waals surface area contributed by atoms with Crippen LogP contribution in [0, 0.1) is 5.41 Å². The lowest BCUT2D eigenvalue weighted by Gasteiger charge is -2.25. The molecule has 0 aromatic heterocycles. The van der Waals surface area contributed by atoms with Crippen molar-refractivity contribution in [1.29, 1.82) is 0 Å². The minimum atomic E-state index is -0.388. The smallest absolute Gasteiger partial charge is 0.162 e. The molecule has 0 saturated carbocycles. The molecule has 2 nitrogen and oxygen atoms in total. The minimum Gasteiger partial charge on any atom is -0.308 e. The molecule has 0 heterocycles. The van der Waals surface area contributed by atoms with E-state index >= 15 is 0 Å². The van der Waals surface area contributed by atoms with E-state index < -0.39 is 0 Å². The first-order valence-electron chi connectivity index (χ1n) is 5.95. The first kappa shape index (κ1) is 18.2. The average molecular weight is 302 g/mol. The van der Waals surface area contributed by atoms with Crippen molar-refractivity contribution in [2.75, 3.05) is 20.6 Å². The van der Waals surface area contributed by atoms with Gasteiger partial charge >= 0.3 is 0 Å². The lowest BCUT2D eigenvalue weighted by Crippen LogP contribution is -2.34. The SMILES string of the molecule is CN(C)CC(C)(C)C(=O)/C=C/c1ccccc1Cl.Cl. The summed E-state index contributed by atoms with van der Waals surface area (Å²) < 4.78 is 0. The summed E-state index contributed by atoms with van der Waals surface area (Å²) in [7, 11) is 3.93. The van der Waals surface area contributed by atoms with Crippen molar-refractivity contribution in [1.82, 2.24) is 4.90 Å². The number of benzene rings is 1. The van der Waals surface area contributed by atoms with Gasteiger partial charge in [-0.2, -0.15) is 0 Å². The molecule has 1 rings (SSSR count). The molecule has 0 aliphatic rings. The van der Waals surface area contributed by atoms with E-state index in [1.54, 1.807) is 12.2 Å². The molecule has 0 saturated heterocycles. The Kier molecular flexibility index (Phi) is 7.35. The molecule has 0 amide bonds. The van der Waals surface area contributed by atoms with Gasteiger partial charge in [-0.05, 0) is 37.9 Å². The number of hydrogen-bond donors (Lipinski definition) is 0. The van der Waals surface area contributed by atoms with Crippen molar-refractivity contribution in [2.45, 2.75) is 13.8 Å². The third-order valence-electron chi connectivity index (χ3n) is 2.70. The zero-order chi connectivity index (χ0) is 13.8. The fourth-order valence-electron chi connectivity index (χ4n) is 1.87. The van der Waals surface area contributed by atoms with Gasteiger partial charge in [0.05, 0.1) is 0 Å². The maximum atomic E-state index is 12.1. The molecule has 0 aliphatic heterocycles. The Morgan fingerprint density at radius 3 is 2.42 bits per heavy atom. The van der Waals surface area contributed by atoms with Crippen molar-refractivity contribution in [2.24, 2.45) is 5.41 Å². The highest BCUT2D eigenvalue weighted by Crippen LogP contribution is 2.21. The molecule has 0 bridgehead atoms. The summed E-state index contributed by atoms with van der Waals surface area (Å²) in [6.45, 7) is 4.62. The molecule has 1 aromatic carbocycles. The summed E-state index contributed by atoms with van der Waals surface area (Å²) in [5, 5.41) is 0.659. The lowest BCUT2D eigenvalue weighted by molar-refractivity contribution is -0.122. The van der Waals surface area contributed by atoms with Crippen LogP contribution in [-0.4, -0.2) is 31.3 Å². The number of rotatable bonds is 5. The summed E-state index contributed by atoms with van der Waals surface area (Å²) in [6, 6.07) is 7.49. The molecular weight excluding hydrogens is 281 g/mol. The number of nitrogens with zero attached hydrogens (tertiary/aromatic N) is 1. The van der Waals surface area contributed by atoms with Crippen LogP contribution >= 0.6 is 24.0 Å². The summed E-state index contributed by atoms with van der Waals surface area (Å²) >= 11 is 6.04. The number of carbonyl (C=O) groups is 1. The van der Waals surface area contributed by atoms with Gasteiger partial charge in [0.2, 0.25) is 0 Å². The predicted octanol–water partition coefficient (Wildman–Crippen LogP) is 3.93. The second-order valence-corrected chi connectivity index (χ2v) is 5.75. The molecule has 0 aliphatic carbocycles. The van der Waals surface area contributed by atoms with Gasteiger partial charge in [0, 0.05) is 17.0 Å². The van der Waals surface area contributed by atoms with Gasteiger partial charge in [-0.1, -0.05) is 43.6 Å². The molecule has 1 aromatic rings. The number of halogens is 2. The topological polar surface area (TPSA) is 20.3 Å². The van der Waals surface area contributed by atoms with Gasteiger partial charge in [0.25, 0.3) is 0 Å². The largest absolute Gasteiger partial charge is 0.308 e. The quantitative estimate of drug-likeness (QED) is 0.768. The van der Waals surface area contributed by atoms with Crippen molar-refractivity contribution in [3.63, 3.8) is 0 Å². The molecule has 0 fully saturated rings. The minimum absolute atomic E-state index is 0. The van der Waals surface area contributed by atoms with E-state index in [9.17, 15) is 4.79 Å². The van der Waals surface area contributed by atoms with Gasteiger partial charge in [0.1, 0.15) is 0 Å². The van der Waals surface area contributed by atoms with Crippen LogP contribution in [0.15, 0.2) is 30.3 Å². The van der Waals surface area contributed by atoms with Crippen molar-refractivity contribution < 1.29 is 4.79 Å². The van der Waals surface area contributed by atoms with Gasteiger partial charge in [-0.3, -0.25) is 4.79 Å². The van der Waals surface area contributed by atoms with Crippen LogP contribution in [0.25, 0.3) is 6.08 Å². The van der Waals surface area contributed by atoms with E-state index in [-0.39, 0.29) is 23.6 Å². The van der Waals surface area contributed by atoms with Gasteiger partial charge in [0.15, 0.2) is 5.78 Å². The maximum Gasteiger partial charge on any atom is 0.162 e. The number of ketones is 1. The normalized spacial score (nSPS) is 11.7. The summed E-state index contributed by atoms with van der Waals surface area (Å²) in [6.07, 6.45) is 3.40. The molecule has 0 unspecified atom stereocenters. The Morgan fingerprint density at radius 2 is 1.89 bits per heavy atom. The third-order valence-corrected chi connectivity index (χ3v) is 3.04. The van der Waals surface area contributed by atoms with Crippen LogP contribution in [0.3, 0.4) is 0 Å². The third kappa shape index (κ3) is 5.77. The fraction of sp³-hybridized carbons (Fsp3) is 0.400. The Hall–Kier alpha value is -0.830. The zero-order valence-corrected chi connectivity index (χ0v) is 13.4. The van der Waals surface area contributed by atoms with Crippen molar-refractivity contribution >= 4 is 35.9 Å². The Morgan fingerprint density at radius 1 is 1.32 bits per heavy atom. The highest BCUT2D eigenvalue weighted by Gasteiger charge is 2.25. The van der Waals surface area contributed by atoms with E-state index in [1.807, 2.05) is 57.1 Å². The van der Waals surface area contributed by atoms with E-state index in [0.29, 0.717) is 5.02 Å². The molecule has 0 radical (unpaired) electrons. The number of allylic oxidation sites excluding steroid dienone is 1. The monoisotopic (exact) mass is 301 g/mol. The van der Waals surface area contributed by atoms with E-state index in [4.69, 9.17) is 11.6 Å². The Balaban J connectivity index is 0.00000324. The molecule has 0 atom stereocenters. The lowest BCUT2D eigenvalue weighted by atomic mass is 9.87. The summed E-state index contributed by atoms with van der Waals surface area (Å²) in [5.41, 5.74) is 0.481.